The number of hydrogen-bond donors (Lipinski definition) is 1. The highest BCUT2D eigenvalue weighted by molar-refractivity contribution is 7.89. The predicted molar refractivity (Wildman–Crippen MR) is 62.0 cm³/mol. The lowest BCUT2D eigenvalue weighted by atomic mass is 10.4. The number of halogens is 2. The fourth-order valence-corrected chi connectivity index (χ4v) is 2.30. The molecule has 0 heterocycles. The Bertz CT molecular complexity index is 403. The Hall–Kier alpha value is -0.290. The van der Waals surface area contributed by atoms with E-state index in [1.54, 1.807) is 0 Å². The summed E-state index contributed by atoms with van der Waals surface area (Å²) < 4.78 is 25.7. The minimum atomic E-state index is -3.42. The molecule has 0 atom stereocenters. The molecular formula is C9H11Cl2NO2S. The van der Waals surface area contributed by atoms with Crippen LogP contribution in [0.4, 0.5) is 0 Å². The van der Waals surface area contributed by atoms with Gasteiger partial charge in [0, 0.05) is 17.4 Å². The second-order valence-corrected chi connectivity index (χ2v) is 5.48. The van der Waals surface area contributed by atoms with E-state index in [4.69, 9.17) is 23.2 Å². The second-order valence-electron chi connectivity index (χ2n) is 2.89. The molecule has 0 aromatic heterocycles. The highest BCUT2D eigenvalue weighted by Crippen LogP contribution is 2.13. The summed E-state index contributed by atoms with van der Waals surface area (Å²) in [6, 6.07) is 6.01. The van der Waals surface area contributed by atoms with Gasteiger partial charge in [-0.25, -0.2) is 13.1 Å². The average molecular weight is 268 g/mol. The summed E-state index contributed by atoms with van der Waals surface area (Å²) in [4.78, 5) is 0.210. The second kappa shape index (κ2) is 5.70. The van der Waals surface area contributed by atoms with Crippen molar-refractivity contribution in [1.29, 1.82) is 0 Å². The van der Waals surface area contributed by atoms with Crippen molar-refractivity contribution in [2.45, 2.75) is 11.3 Å². The van der Waals surface area contributed by atoms with Crippen LogP contribution in [0.25, 0.3) is 0 Å². The summed E-state index contributed by atoms with van der Waals surface area (Å²) in [6.07, 6.45) is 0.606. The monoisotopic (exact) mass is 267 g/mol. The maximum Gasteiger partial charge on any atom is 0.240 e. The van der Waals surface area contributed by atoms with Gasteiger partial charge in [0.25, 0.3) is 0 Å². The van der Waals surface area contributed by atoms with E-state index < -0.39 is 10.0 Å². The van der Waals surface area contributed by atoms with E-state index in [2.05, 4.69) is 4.72 Å². The SMILES string of the molecule is O=S(=O)(NCCCCl)c1ccc(Cl)cc1. The van der Waals surface area contributed by atoms with E-state index >= 15 is 0 Å². The van der Waals surface area contributed by atoms with Gasteiger partial charge in [-0.15, -0.1) is 11.6 Å². The largest absolute Gasteiger partial charge is 0.240 e. The Morgan fingerprint density at radius 1 is 1.20 bits per heavy atom. The lowest BCUT2D eigenvalue weighted by molar-refractivity contribution is 0.581. The van der Waals surface area contributed by atoms with Gasteiger partial charge in [0.05, 0.1) is 4.90 Å². The van der Waals surface area contributed by atoms with E-state index in [1.807, 2.05) is 0 Å². The molecule has 84 valence electrons. The van der Waals surface area contributed by atoms with Gasteiger partial charge in [-0.3, -0.25) is 0 Å². The molecule has 0 bridgehead atoms. The number of nitrogens with one attached hydrogen (secondary N) is 1. The van der Waals surface area contributed by atoms with Gasteiger partial charge in [0.2, 0.25) is 10.0 Å². The first kappa shape index (κ1) is 12.8. The highest BCUT2D eigenvalue weighted by Gasteiger charge is 2.12. The van der Waals surface area contributed by atoms with Gasteiger partial charge in [-0.2, -0.15) is 0 Å². The maximum absolute atomic E-state index is 11.6. The smallest absolute Gasteiger partial charge is 0.211 e. The molecule has 0 aliphatic rings. The Labute approximate surface area is 99.4 Å². The van der Waals surface area contributed by atoms with Gasteiger partial charge >= 0.3 is 0 Å². The van der Waals surface area contributed by atoms with Crippen molar-refractivity contribution < 1.29 is 8.42 Å². The molecule has 0 amide bonds. The van der Waals surface area contributed by atoms with Crippen molar-refractivity contribution in [3.63, 3.8) is 0 Å². The van der Waals surface area contributed by atoms with Crippen molar-refractivity contribution in [1.82, 2.24) is 4.72 Å². The molecule has 0 radical (unpaired) electrons. The number of benzene rings is 1. The van der Waals surface area contributed by atoms with Crippen LogP contribution in [0.15, 0.2) is 29.2 Å². The fraction of sp³-hybridized carbons (Fsp3) is 0.333. The number of alkyl halides is 1. The Balaban J connectivity index is 2.73. The molecule has 6 heteroatoms. The average Bonchev–Trinajstić information content (AvgIpc) is 2.18. The van der Waals surface area contributed by atoms with E-state index in [0.717, 1.165) is 0 Å². The van der Waals surface area contributed by atoms with Gasteiger partial charge in [0.15, 0.2) is 0 Å². The van der Waals surface area contributed by atoms with Crippen LogP contribution in [0.5, 0.6) is 0 Å². The standard InChI is InChI=1S/C9H11Cl2NO2S/c10-6-1-7-12-15(13,14)9-4-2-8(11)3-5-9/h2-5,12H,1,6-7H2. The molecule has 1 N–H and O–H groups in total. The molecule has 0 aliphatic heterocycles. The Morgan fingerprint density at radius 2 is 1.80 bits per heavy atom. The molecule has 0 spiro atoms. The zero-order valence-corrected chi connectivity index (χ0v) is 10.2. The third kappa shape index (κ3) is 3.99. The Kier molecular flexibility index (Phi) is 4.86. The van der Waals surface area contributed by atoms with Gasteiger partial charge in [-0.1, -0.05) is 11.6 Å². The third-order valence-corrected chi connectivity index (χ3v) is 3.72. The molecule has 1 rings (SSSR count). The molecular weight excluding hydrogens is 257 g/mol. The lowest BCUT2D eigenvalue weighted by Crippen LogP contribution is -2.24. The molecule has 0 unspecified atom stereocenters. The quantitative estimate of drug-likeness (QED) is 0.657. The summed E-state index contributed by atoms with van der Waals surface area (Å²) in [6.45, 7) is 0.342. The van der Waals surface area contributed by atoms with Crippen LogP contribution in [0.2, 0.25) is 5.02 Å². The number of sulfonamides is 1. The molecule has 0 aliphatic carbocycles. The zero-order valence-electron chi connectivity index (χ0n) is 7.91. The minimum Gasteiger partial charge on any atom is -0.211 e. The van der Waals surface area contributed by atoms with Crippen LogP contribution in [0.3, 0.4) is 0 Å². The minimum absolute atomic E-state index is 0.210. The summed E-state index contributed by atoms with van der Waals surface area (Å²) in [5.41, 5.74) is 0. The Morgan fingerprint density at radius 3 is 2.33 bits per heavy atom. The van der Waals surface area contributed by atoms with Crippen LogP contribution in [0, 0.1) is 0 Å². The van der Waals surface area contributed by atoms with Crippen LogP contribution in [-0.2, 0) is 10.0 Å². The van der Waals surface area contributed by atoms with Crippen LogP contribution >= 0.6 is 23.2 Å². The van der Waals surface area contributed by atoms with Crippen LogP contribution in [-0.4, -0.2) is 20.8 Å². The maximum atomic E-state index is 11.6. The van der Waals surface area contributed by atoms with E-state index in [0.29, 0.717) is 23.9 Å². The third-order valence-electron chi connectivity index (χ3n) is 1.73. The summed E-state index contributed by atoms with van der Waals surface area (Å²) in [7, 11) is -3.42. The van der Waals surface area contributed by atoms with Gasteiger partial charge in [-0.05, 0) is 30.7 Å². The number of hydrogen-bond acceptors (Lipinski definition) is 2. The van der Waals surface area contributed by atoms with Crippen molar-refractivity contribution in [3.05, 3.63) is 29.3 Å². The van der Waals surface area contributed by atoms with Gasteiger partial charge in [0.1, 0.15) is 0 Å². The molecule has 0 fully saturated rings. The molecule has 15 heavy (non-hydrogen) atoms. The summed E-state index contributed by atoms with van der Waals surface area (Å²) >= 11 is 11.1. The zero-order chi connectivity index (χ0) is 11.3. The van der Waals surface area contributed by atoms with Crippen molar-refractivity contribution in [3.8, 4) is 0 Å². The van der Waals surface area contributed by atoms with Crippen molar-refractivity contribution >= 4 is 33.2 Å². The molecule has 0 saturated heterocycles. The fourth-order valence-electron chi connectivity index (χ4n) is 0.970. The summed E-state index contributed by atoms with van der Waals surface area (Å²) in [5.74, 6) is 0.434. The topological polar surface area (TPSA) is 46.2 Å². The van der Waals surface area contributed by atoms with E-state index in [1.165, 1.54) is 24.3 Å². The van der Waals surface area contributed by atoms with Crippen molar-refractivity contribution in [2.24, 2.45) is 0 Å². The number of rotatable bonds is 5. The van der Waals surface area contributed by atoms with Crippen LogP contribution < -0.4 is 4.72 Å². The first-order valence-corrected chi connectivity index (χ1v) is 6.77. The highest BCUT2D eigenvalue weighted by atomic mass is 35.5. The van der Waals surface area contributed by atoms with Crippen LogP contribution in [0.1, 0.15) is 6.42 Å². The first-order valence-electron chi connectivity index (χ1n) is 4.37. The van der Waals surface area contributed by atoms with Crippen molar-refractivity contribution in [2.75, 3.05) is 12.4 Å². The molecule has 1 aromatic rings. The van der Waals surface area contributed by atoms with E-state index in [-0.39, 0.29) is 4.90 Å². The molecule has 0 saturated carbocycles. The molecule has 3 nitrogen and oxygen atoms in total. The van der Waals surface area contributed by atoms with Gasteiger partial charge < -0.3 is 0 Å². The predicted octanol–water partition coefficient (Wildman–Crippen LogP) is 2.25. The first-order chi connectivity index (χ1) is 7.06. The van der Waals surface area contributed by atoms with E-state index in [9.17, 15) is 8.42 Å². The lowest BCUT2D eigenvalue weighted by Gasteiger charge is -2.05. The molecule has 1 aromatic carbocycles. The summed E-state index contributed by atoms with van der Waals surface area (Å²) in [5, 5.41) is 0.509. The normalized spacial score (nSPS) is 11.6.